The summed E-state index contributed by atoms with van der Waals surface area (Å²) >= 11 is 0. The number of esters is 2. The van der Waals surface area contributed by atoms with Crippen LogP contribution in [0.25, 0.3) is 0 Å². The Balaban J connectivity index is 5.20. The second-order valence-electron chi connectivity index (χ2n) is 6.30. The van der Waals surface area contributed by atoms with Crippen molar-refractivity contribution in [2.75, 3.05) is 14.2 Å². The summed E-state index contributed by atoms with van der Waals surface area (Å²) in [5.74, 6) is 3.86. The first-order valence-corrected chi connectivity index (χ1v) is 9.19. The first kappa shape index (κ1) is 23.8. The molecule has 0 N–H and O–H groups in total. The molecule has 0 spiro atoms. The highest BCUT2D eigenvalue weighted by Gasteiger charge is 2.46. The van der Waals surface area contributed by atoms with Crippen molar-refractivity contribution in [1.82, 2.24) is 0 Å². The number of rotatable bonds is 8. The molecule has 0 aromatic rings. The number of carbonyl (C=O) groups is 2. The monoisotopic (exact) mass is 381 g/mol. The summed E-state index contributed by atoms with van der Waals surface area (Å²) in [6, 6.07) is 0. The van der Waals surface area contributed by atoms with Crippen molar-refractivity contribution in [3.05, 3.63) is 17.9 Å². The van der Waals surface area contributed by atoms with Crippen LogP contribution in [0.5, 0.6) is 0 Å². The van der Waals surface area contributed by atoms with Crippen molar-refractivity contribution in [3.8, 4) is 11.8 Å². The second kappa shape index (κ2) is 11.5. The Morgan fingerprint density at radius 3 is 2.15 bits per heavy atom. The highest BCUT2D eigenvalue weighted by Crippen LogP contribution is 2.27. The van der Waals surface area contributed by atoms with Crippen LogP contribution in [-0.4, -0.2) is 41.3 Å². The summed E-state index contributed by atoms with van der Waals surface area (Å²) in [7, 11) is 1.11. The molecule has 0 amide bonds. The molecular weight excluding hydrogens is 354 g/mol. The lowest BCUT2D eigenvalue weighted by atomic mass is 9.84. The van der Waals surface area contributed by atoms with Gasteiger partial charge in [-0.05, 0) is 52.7 Å². The number of unbranched alkanes of at least 4 members (excludes halogenated alkanes) is 1. The molecule has 0 radical (unpaired) electrons. The maximum Gasteiger partial charge on any atom is 0.328 e. The predicted molar refractivity (Wildman–Crippen MR) is 103 cm³/mol. The summed E-state index contributed by atoms with van der Waals surface area (Å²) in [6.45, 7) is 7.16. The molecule has 0 aliphatic rings. The van der Waals surface area contributed by atoms with E-state index in [0.29, 0.717) is 12.8 Å². The van der Waals surface area contributed by atoms with Gasteiger partial charge in [-0.15, -0.1) is 17.6 Å². The van der Waals surface area contributed by atoms with E-state index in [9.17, 15) is 13.8 Å². The van der Waals surface area contributed by atoms with E-state index < -0.39 is 33.1 Å². The topological polar surface area (TPSA) is 82.0 Å². The molecule has 6 nitrogen and oxygen atoms in total. The van der Waals surface area contributed by atoms with Gasteiger partial charge in [0.1, 0.15) is 11.0 Å². The van der Waals surface area contributed by atoms with Gasteiger partial charge in [-0.25, -0.2) is 4.21 Å². The van der Waals surface area contributed by atoms with Crippen LogP contribution in [0.3, 0.4) is 0 Å². The van der Waals surface area contributed by atoms with Crippen molar-refractivity contribution in [1.29, 1.82) is 0 Å². The Bertz CT molecular complexity index is 654. The summed E-state index contributed by atoms with van der Waals surface area (Å²) in [5, 5.41) is 0. The minimum absolute atomic E-state index is 0.0598. The van der Waals surface area contributed by atoms with Crippen molar-refractivity contribution < 1.29 is 23.3 Å². The molecule has 0 fully saturated rings. The van der Waals surface area contributed by atoms with Gasteiger partial charge in [0.15, 0.2) is 0 Å². The van der Waals surface area contributed by atoms with E-state index in [0.717, 1.165) is 0 Å². The Kier molecular flexibility index (Phi) is 10.5. The lowest BCUT2D eigenvalue weighted by Gasteiger charge is -2.21. The first-order valence-electron chi connectivity index (χ1n) is 8.08. The summed E-state index contributed by atoms with van der Waals surface area (Å²) in [6.07, 6.45) is 5.62. The lowest BCUT2D eigenvalue weighted by molar-refractivity contribution is -0.164. The molecule has 26 heavy (non-hydrogen) atoms. The molecule has 0 aliphatic heterocycles. The normalized spacial score (nSPS) is 12.4. The highest BCUT2D eigenvalue weighted by molar-refractivity contribution is 7.85. The van der Waals surface area contributed by atoms with E-state index in [4.69, 9.17) is 9.47 Å². The lowest BCUT2D eigenvalue weighted by Crippen LogP contribution is -2.39. The Morgan fingerprint density at radius 1 is 1.12 bits per heavy atom. The molecule has 0 aliphatic carbocycles. The minimum atomic E-state index is -1.65. The molecule has 1 unspecified atom stereocenters. The zero-order chi connectivity index (χ0) is 20.2. The van der Waals surface area contributed by atoms with E-state index in [1.165, 1.54) is 20.3 Å². The van der Waals surface area contributed by atoms with E-state index in [1.54, 1.807) is 19.2 Å². The molecule has 0 bridgehead atoms. The molecule has 0 aromatic heterocycles. The van der Waals surface area contributed by atoms with Crippen molar-refractivity contribution in [2.24, 2.45) is 9.81 Å². The van der Waals surface area contributed by atoms with Gasteiger partial charge in [0, 0.05) is 12.6 Å². The van der Waals surface area contributed by atoms with Gasteiger partial charge in [0.2, 0.25) is 5.41 Å². The third kappa shape index (κ3) is 7.38. The Morgan fingerprint density at radius 2 is 1.69 bits per heavy atom. The third-order valence-corrected chi connectivity index (χ3v) is 4.61. The van der Waals surface area contributed by atoms with Gasteiger partial charge in [0.25, 0.3) is 0 Å². The first-order chi connectivity index (χ1) is 12.2. The maximum absolute atomic E-state index is 12.1. The Hall–Kier alpha value is -2.16. The van der Waals surface area contributed by atoms with Crippen LogP contribution in [0.1, 0.15) is 47.0 Å². The fourth-order valence-corrected chi connectivity index (χ4v) is 2.27. The highest BCUT2D eigenvalue weighted by atomic mass is 32.2. The number of ether oxygens (including phenoxy) is 2. The SMILES string of the molecule is CC#CCC(C=C=CCC/C=N/S(=O)C(C)(C)C)(C(=O)OC)C(=O)OC. The zero-order valence-corrected chi connectivity index (χ0v) is 17.1. The molecule has 0 heterocycles. The van der Waals surface area contributed by atoms with Crippen LogP contribution in [0.15, 0.2) is 22.3 Å². The summed E-state index contributed by atoms with van der Waals surface area (Å²) in [5.41, 5.74) is 1.18. The molecule has 0 saturated carbocycles. The summed E-state index contributed by atoms with van der Waals surface area (Å²) in [4.78, 5) is 24.3. The van der Waals surface area contributed by atoms with Crippen LogP contribution < -0.4 is 0 Å². The zero-order valence-electron chi connectivity index (χ0n) is 16.3. The van der Waals surface area contributed by atoms with Gasteiger partial charge >= 0.3 is 11.9 Å². The largest absolute Gasteiger partial charge is 0.468 e. The molecule has 0 saturated heterocycles. The van der Waals surface area contributed by atoms with Crippen LogP contribution in [-0.2, 0) is 30.0 Å². The number of hydrogen-bond acceptors (Lipinski definition) is 5. The van der Waals surface area contributed by atoms with Gasteiger partial charge in [-0.1, -0.05) is 0 Å². The smallest absolute Gasteiger partial charge is 0.328 e. The fraction of sp³-hybridized carbons (Fsp3) is 0.579. The van der Waals surface area contributed by atoms with Gasteiger partial charge < -0.3 is 9.47 Å². The summed E-state index contributed by atoms with van der Waals surface area (Å²) < 4.78 is 24.8. The predicted octanol–water partition coefficient (Wildman–Crippen LogP) is 2.76. The van der Waals surface area contributed by atoms with E-state index >= 15 is 0 Å². The minimum Gasteiger partial charge on any atom is -0.468 e. The van der Waals surface area contributed by atoms with Crippen molar-refractivity contribution in [2.45, 2.75) is 51.7 Å². The van der Waals surface area contributed by atoms with Gasteiger partial charge in [0.05, 0.1) is 19.0 Å². The van der Waals surface area contributed by atoms with Crippen LogP contribution in [0.2, 0.25) is 0 Å². The number of nitrogens with zero attached hydrogens (tertiary/aromatic N) is 1. The number of carbonyl (C=O) groups excluding carboxylic acids is 2. The van der Waals surface area contributed by atoms with Crippen LogP contribution >= 0.6 is 0 Å². The molecule has 144 valence electrons. The average Bonchev–Trinajstić information content (AvgIpc) is 2.61. The van der Waals surface area contributed by atoms with Crippen molar-refractivity contribution >= 4 is 29.1 Å². The van der Waals surface area contributed by atoms with Crippen molar-refractivity contribution in [3.63, 3.8) is 0 Å². The van der Waals surface area contributed by atoms with E-state index in [1.807, 2.05) is 20.8 Å². The quantitative estimate of drug-likeness (QED) is 0.161. The molecule has 0 aromatic carbocycles. The van der Waals surface area contributed by atoms with Crippen LogP contribution in [0.4, 0.5) is 0 Å². The maximum atomic E-state index is 12.1. The molecular formula is C19H27NO5S. The third-order valence-electron chi connectivity index (χ3n) is 3.23. The number of hydrogen-bond donors (Lipinski definition) is 0. The Labute approximate surface area is 158 Å². The van der Waals surface area contributed by atoms with Gasteiger partial charge in [-0.2, -0.15) is 4.40 Å². The molecule has 7 heteroatoms. The fourth-order valence-electron chi connectivity index (χ4n) is 1.71. The van der Waals surface area contributed by atoms with E-state index in [-0.39, 0.29) is 6.42 Å². The second-order valence-corrected chi connectivity index (χ2v) is 8.23. The number of methoxy groups -OCH3 is 2. The average molecular weight is 381 g/mol. The molecule has 1 atom stereocenters. The molecule has 0 rings (SSSR count). The standard InChI is InChI=1S/C19H27NO5S/c1-7-8-13-19(16(21)24-5,17(22)25-6)14-11-9-10-12-15-20-26(23)18(2,3)4/h9,14-15H,10,12-13H2,1-6H3/b20-15+. The van der Waals surface area contributed by atoms with Crippen LogP contribution in [0, 0.1) is 17.3 Å². The van der Waals surface area contributed by atoms with E-state index in [2.05, 4.69) is 22.0 Å². The van der Waals surface area contributed by atoms with Gasteiger partial charge in [-0.3, -0.25) is 9.59 Å².